The second-order valence-corrected chi connectivity index (χ2v) is 16.0. The van der Waals surface area contributed by atoms with E-state index in [1.54, 1.807) is 0 Å². The van der Waals surface area contributed by atoms with E-state index in [2.05, 4.69) is 48.5 Å². The Kier molecular flexibility index (Phi) is 23.1. The minimum Gasteiger partial charge on any atom is -0.466 e. The van der Waals surface area contributed by atoms with Gasteiger partial charge in [-0.3, -0.25) is 4.79 Å². The van der Waals surface area contributed by atoms with Crippen molar-refractivity contribution >= 4 is 5.97 Å². The van der Waals surface area contributed by atoms with Crippen molar-refractivity contribution in [3.05, 3.63) is 0 Å². The zero-order chi connectivity index (χ0) is 31.8. The Bertz CT molecular complexity index is 644. The van der Waals surface area contributed by atoms with Gasteiger partial charge in [0.1, 0.15) is 0 Å². The van der Waals surface area contributed by atoms with Crippen molar-refractivity contribution in [1.82, 2.24) is 0 Å². The van der Waals surface area contributed by atoms with Crippen LogP contribution in [0.25, 0.3) is 0 Å². The highest BCUT2D eigenvalue weighted by Gasteiger charge is 2.25. The van der Waals surface area contributed by atoms with Crippen LogP contribution in [0, 0.1) is 22.7 Å². The van der Waals surface area contributed by atoms with Crippen LogP contribution in [0.3, 0.4) is 0 Å². The minimum absolute atomic E-state index is 0.00610. The number of ether oxygens (including phenoxy) is 3. The molecule has 43 heavy (non-hydrogen) atoms. The van der Waals surface area contributed by atoms with Crippen molar-refractivity contribution in [3.8, 4) is 0 Å². The Hall–Kier alpha value is -0.610. The van der Waals surface area contributed by atoms with E-state index in [-0.39, 0.29) is 12.3 Å². The van der Waals surface area contributed by atoms with Crippen molar-refractivity contribution in [2.24, 2.45) is 22.7 Å². The molecule has 0 bridgehead atoms. The first-order valence-corrected chi connectivity index (χ1v) is 18.9. The SMILES string of the molecule is CCCCCCC1COC(CCCCC(C)(C)CC(CCCC)CCCCC(=O)OCCCCCCCC(C)(C)C)OC1. The largest absolute Gasteiger partial charge is 0.466 e. The summed E-state index contributed by atoms with van der Waals surface area (Å²) in [5.74, 6) is 1.37. The fourth-order valence-corrected chi connectivity index (χ4v) is 6.66. The maximum atomic E-state index is 12.2. The maximum absolute atomic E-state index is 12.2. The highest BCUT2D eigenvalue weighted by molar-refractivity contribution is 5.69. The monoisotopic (exact) mass is 609 g/mol. The average molecular weight is 609 g/mol. The summed E-state index contributed by atoms with van der Waals surface area (Å²) in [7, 11) is 0. The average Bonchev–Trinajstić information content (AvgIpc) is 2.95. The van der Waals surface area contributed by atoms with Crippen LogP contribution in [0.2, 0.25) is 0 Å². The molecule has 0 saturated carbocycles. The molecule has 1 fully saturated rings. The molecule has 0 N–H and O–H groups in total. The van der Waals surface area contributed by atoms with Gasteiger partial charge in [0.25, 0.3) is 0 Å². The van der Waals surface area contributed by atoms with Crippen LogP contribution in [0.15, 0.2) is 0 Å². The smallest absolute Gasteiger partial charge is 0.305 e. The van der Waals surface area contributed by atoms with Gasteiger partial charge in [-0.25, -0.2) is 0 Å². The highest BCUT2D eigenvalue weighted by Crippen LogP contribution is 2.36. The molecule has 1 rings (SSSR count). The Labute approximate surface area is 269 Å². The summed E-state index contributed by atoms with van der Waals surface area (Å²) < 4.78 is 17.6. The van der Waals surface area contributed by atoms with Crippen molar-refractivity contribution < 1.29 is 19.0 Å². The van der Waals surface area contributed by atoms with Crippen LogP contribution in [-0.2, 0) is 19.0 Å². The summed E-state index contributed by atoms with van der Waals surface area (Å²) >= 11 is 0. The predicted octanol–water partition coefficient (Wildman–Crippen LogP) is 12.2. The van der Waals surface area contributed by atoms with Crippen LogP contribution in [-0.4, -0.2) is 32.1 Å². The standard InChI is InChI=1S/C39H76O4/c1-8-10-12-16-25-35-32-42-37(43-33-35)27-19-21-29-39(6,7)31-34(23-11-9-2)24-17-18-26-36(40)41-30-22-15-13-14-20-28-38(3,4)5/h34-35,37H,8-33H2,1-7H3. The summed E-state index contributed by atoms with van der Waals surface area (Å²) in [5.41, 5.74) is 0.807. The number of hydrogen-bond donors (Lipinski definition) is 0. The third kappa shape index (κ3) is 24.3. The van der Waals surface area contributed by atoms with Gasteiger partial charge in [0, 0.05) is 12.3 Å². The minimum atomic E-state index is 0.00610. The van der Waals surface area contributed by atoms with E-state index in [1.807, 2.05) is 0 Å². The van der Waals surface area contributed by atoms with Gasteiger partial charge in [0.05, 0.1) is 19.8 Å². The Morgan fingerprint density at radius 2 is 1.30 bits per heavy atom. The molecule has 256 valence electrons. The predicted molar refractivity (Wildman–Crippen MR) is 184 cm³/mol. The molecule has 1 aliphatic rings. The van der Waals surface area contributed by atoms with Gasteiger partial charge in [0.15, 0.2) is 6.29 Å². The maximum Gasteiger partial charge on any atom is 0.305 e. The number of unbranched alkanes of at least 4 members (excludes halogenated alkanes) is 10. The normalized spacial score (nSPS) is 18.6. The Morgan fingerprint density at radius 1 is 0.698 bits per heavy atom. The molecule has 4 heteroatoms. The molecular weight excluding hydrogens is 532 g/mol. The van der Waals surface area contributed by atoms with Gasteiger partial charge in [-0.1, -0.05) is 138 Å². The van der Waals surface area contributed by atoms with E-state index in [0.717, 1.165) is 44.8 Å². The topological polar surface area (TPSA) is 44.8 Å². The molecule has 1 atom stereocenters. The van der Waals surface area contributed by atoms with Gasteiger partial charge in [-0.2, -0.15) is 0 Å². The molecule has 1 unspecified atom stereocenters. The molecule has 1 saturated heterocycles. The molecule has 0 aromatic heterocycles. The van der Waals surface area contributed by atoms with Crippen molar-refractivity contribution in [1.29, 1.82) is 0 Å². The van der Waals surface area contributed by atoms with Crippen LogP contribution in [0.5, 0.6) is 0 Å². The Balaban J connectivity index is 2.15. The third-order valence-electron chi connectivity index (χ3n) is 9.43. The zero-order valence-corrected chi connectivity index (χ0v) is 30.2. The van der Waals surface area contributed by atoms with E-state index in [1.165, 1.54) is 116 Å². The van der Waals surface area contributed by atoms with Gasteiger partial charge >= 0.3 is 5.97 Å². The molecule has 4 nitrogen and oxygen atoms in total. The molecule has 0 aromatic rings. The highest BCUT2D eigenvalue weighted by atomic mass is 16.7. The number of carbonyl (C=O) groups is 1. The lowest BCUT2D eigenvalue weighted by Gasteiger charge is -2.31. The number of carbonyl (C=O) groups excluding carboxylic acids is 1. The van der Waals surface area contributed by atoms with Crippen LogP contribution < -0.4 is 0 Å². The zero-order valence-electron chi connectivity index (χ0n) is 30.2. The lowest BCUT2D eigenvalue weighted by Crippen LogP contribution is -2.32. The quantitative estimate of drug-likeness (QED) is 0.0687. The lowest BCUT2D eigenvalue weighted by atomic mass is 9.76. The molecule has 0 amide bonds. The van der Waals surface area contributed by atoms with E-state index < -0.39 is 0 Å². The van der Waals surface area contributed by atoms with E-state index in [9.17, 15) is 4.79 Å². The molecule has 1 aliphatic heterocycles. The molecule has 0 spiro atoms. The van der Waals surface area contributed by atoms with Crippen molar-refractivity contribution in [3.63, 3.8) is 0 Å². The summed E-state index contributed by atoms with van der Waals surface area (Å²) in [5, 5.41) is 0. The first kappa shape index (κ1) is 40.4. The van der Waals surface area contributed by atoms with Crippen LogP contribution in [0.4, 0.5) is 0 Å². The first-order chi connectivity index (χ1) is 20.5. The van der Waals surface area contributed by atoms with Crippen molar-refractivity contribution in [2.45, 2.75) is 202 Å². The summed E-state index contributed by atoms with van der Waals surface area (Å²) in [6.07, 6.45) is 27.8. The third-order valence-corrected chi connectivity index (χ3v) is 9.43. The number of esters is 1. The molecule has 1 heterocycles. The number of rotatable bonds is 27. The fraction of sp³-hybridized carbons (Fsp3) is 0.974. The van der Waals surface area contributed by atoms with Crippen molar-refractivity contribution in [2.75, 3.05) is 19.8 Å². The number of hydrogen-bond acceptors (Lipinski definition) is 4. The van der Waals surface area contributed by atoms with Crippen LogP contribution >= 0.6 is 0 Å². The fourth-order valence-electron chi connectivity index (χ4n) is 6.66. The van der Waals surface area contributed by atoms with Gasteiger partial charge in [-0.05, 0) is 68.1 Å². The Morgan fingerprint density at radius 3 is 2.00 bits per heavy atom. The van der Waals surface area contributed by atoms with Gasteiger partial charge < -0.3 is 14.2 Å². The lowest BCUT2D eigenvalue weighted by molar-refractivity contribution is -0.204. The molecule has 0 aliphatic carbocycles. The summed E-state index contributed by atoms with van der Waals surface area (Å²) in [4.78, 5) is 12.2. The molecule has 0 aromatic carbocycles. The second kappa shape index (κ2) is 24.6. The second-order valence-electron chi connectivity index (χ2n) is 16.0. The first-order valence-electron chi connectivity index (χ1n) is 18.9. The summed E-state index contributed by atoms with van der Waals surface area (Å²) in [6.45, 7) is 18.8. The summed E-state index contributed by atoms with van der Waals surface area (Å²) in [6, 6.07) is 0. The van der Waals surface area contributed by atoms with Gasteiger partial charge in [0.2, 0.25) is 0 Å². The van der Waals surface area contributed by atoms with Crippen LogP contribution in [0.1, 0.15) is 196 Å². The van der Waals surface area contributed by atoms with E-state index in [0.29, 0.717) is 29.8 Å². The van der Waals surface area contributed by atoms with Gasteiger partial charge in [-0.15, -0.1) is 0 Å². The van der Waals surface area contributed by atoms with E-state index in [4.69, 9.17) is 14.2 Å². The van der Waals surface area contributed by atoms with E-state index >= 15 is 0 Å². The molecule has 0 radical (unpaired) electrons. The molecular formula is C39H76O4.